The van der Waals surface area contributed by atoms with E-state index in [9.17, 15) is 18.0 Å². The molecule has 0 aliphatic heterocycles. The molecule has 0 unspecified atom stereocenters. The van der Waals surface area contributed by atoms with Crippen molar-refractivity contribution < 1.29 is 18.0 Å². The molecule has 2 heterocycles. The summed E-state index contributed by atoms with van der Waals surface area (Å²) < 4.78 is 28.0. The first-order valence-electron chi connectivity index (χ1n) is 8.47. The monoisotopic (exact) mass is 385 g/mol. The van der Waals surface area contributed by atoms with Crippen LogP contribution in [0.5, 0.6) is 0 Å². The van der Waals surface area contributed by atoms with Gasteiger partial charge in [0.05, 0.1) is 5.52 Å². The highest BCUT2D eigenvalue weighted by atomic mass is 32.2. The van der Waals surface area contributed by atoms with Gasteiger partial charge in [0, 0.05) is 25.1 Å². The van der Waals surface area contributed by atoms with E-state index in [1.54, 1.807) is 43.3 Å². The topological polar surface area (TPSA) is 89.3 Å². The summed E-state index contributed by atoms with van der Waals surface area (Å²) in [5.74, 6) is -1.12. The van der Waals surface area contributed by atoms with Gasteiger partial charge in [-0.25, -0.2) is 9.29 Å². The van der Waals surface area contributed by atoms with Gasteiger partial charge in [0.1, 0.15) is 5.69 Å². The molecule has 0 N–H and O–H groups in total. The molecule has 1 aromatic carbocycles. The number of sulfonamides is 1. The molecule has 3 rings (SSSR count). The normalized spacial score (nSPS) is 11.5. The van der Waals surface area contributed by atoms with Crippen molar-refractivity contribution in [3.8, 4) is 0 Å². The maximum atomic E-state index is 13.2. The minimum atomic E-state index is -4.14. The van der Waals surface area contributed by atoms with Crippen molar-refractivity contribution in [1.29, 1.82) is 0 Å². The number of aromatic nitrogens is 2. The van der Waals surface area contributed by atoms with Crippen molar-refractivity contribution in [2.75, 3.05) is 6.54 Å². The highest BCUT2D eigenvalue weighted by Gasteiger charge is 2.33. The predicted molar refractivity (Wildman–Crippen MR) is 101 cm³/mol. The number of carbonyl (C=O) groups excluding carboxylic acids is 2. The third-order valence-electron chi connectivity index (χ3n) is 4.09. The van der Waals surface area contributed by atoms with Crippen molar-refractivity contribution in [3.05, 3.63) is 60.4 Å². The first-order chi connectivity index (χ1) is 12.9. The molecule has 3 aromatic rings. The zero-order valence-electron chi connectivity index (χ0n) is 15.0. The van der Waals surface area contributed by atoms with E-state index < -0.39 is 15.9 Å². The largest absolute Gasteiger partial charge is 0.284 e. The molecule has 0 atom stereocenters. The Kier molecular flexibility index (Phi) is 5.09. The second-order valence-electron chi connectivity index (χ2n) is 5.99. The number of benzene rings is 1. The number of rotatable bonds is 5. The summed E-state index contributed by atoms with van der Waals surface area (Å²) in [5.41, 5.74) is 0.566. The van der Waals surface area contributed by atoms with E-state index >= 15 is 0 Å². The van der Waals surface area contributed by atoms with Crippen LogP contribution in [0, 0.1) is 0 Å². The summed E-state index contributed by atoms with van der Waals surface area (Å²) in [5, 5.41) is 0.472. The van der Waals surface area contributed by atoms with Crippen LogP contribution in [-0.4, -0.2) is 40.6 Å². The summed E-state index contributed by atoms with van der Waals surface area (Å²) in [6, 6.07) is 13.0. The highest BCUT2D eigenvalue weighted by molar-refractivity contribution is 7.89. The lowest BCUT2D eigenvalue weighted by Gasteiger charge is -2.21. The second kappa shape index (κ2) is 7.32. The SMILES string of the molecule is CCCN(C(=O)c1cc2ccccc2n1C(C)=O)S(=O)(=O)c1ccccn1. The number of pyridine rings is 1. The molecule has 2 aromatic heterocycles. The Labute approximate surface area is 157 Å². The van der Waals surface area contributed by atoms with Crippen molar-refractivity contribution >= 4 is 32.7 Å². The van der Waals surface area contributed by atoms with Gasteiger partial charge >= 0.3 is 0 Å². The molecule has 0 bridgehead atoms. The summed E-state index contributed by atoms with van der Waals surface area (Å²) >= 11 is 0. The lowest BCUT2D eigenvalue weighted by atomic mass is 10.2. The van der Waals surface area contributed by atoms with Gasteiger partial charge in [-0.2, -0.15) is 8.42 Å². The molecular formula is C19H19N3O4S. The van der Waals surface area contributed by atoms with Crippen molar-refractivity contribution in [2.24, 2.45) is 0 Å². The number of para-hydroxylation sites is 1. The minimum absolute atomic E-state index is 0.0108. The van der Waals surface area contributed by atoms with Crippen LogP contribution in [0.25, 0.3) is 10.9 Å². The van der Waals surface area contributed by atoms with Crippen LogP contribution in [0.15, 0.2) is 59.8 Å². The fourth-order valence-electron chi connectivity index (χ4n) is 2.93. The van der Waals surface area contributed by atoms with Gasteiger partial charge in [0.2, 0.25) is 5.91 Å². The number of hydrogen-bond acceptors (Lipinski definition) is 5. The summed E-state index contributed by atoms with van der Waals surface area (Å²) in [4.78, 5) is 29.2. The van der Waals surface area contributed by atoms with Gasteiger partial charge < -0.3 is 0 Å². The predicted octanol–water partition coefficient (Wildman–Crippen LogP) is 2.94. The van der Waals surface area contributed by atoms with E-state index in [4.69, 9.17) is 0 Å². The van der Waals surface area contributed by atoms with Crippen molar-refractivity contribution in [2.45, 2.75) is 25.3 Å². The quantitative estimate of drug-likeness (QED) is 0.674. The van der Waals surface area contributed by atoms with E-state index in [0.717, 1.165) is 4.31 Å². The number of amides is 1. The van der Waals surface area contributed by atoms with Crippen molar-refractivity contribution in [3.63, 3.8) is 0 Å². The van der Waals surface area contributed by atoms with Crippen LogP contribution < -0.4 is 0 Å². The molecule has 8 heteroatoms. The van der Waals surface area contributed by atoms with Gasteiger partial charge in [-0.3, -0.25) is 14.2 Å². The van der Waals surface area contributed by atoms with Crippen LogP contribution in [0.4, 0.5) is 0 Å². The average Bonchev–Trinajstić information content (AvgIpc) is 3.06. The highest BCUT2D eigenvalue weighted by Crippen LogP contribution is 2.23. The number of fused-ring (bicyclic) bond motifs is 1. The third-order valence-corrected chi connectivity index (χ3v) is 5.79. The van der Waals surface area contributed by atoms with E-state index in [0.29, 0.717) is 17.3 Å². The van der Waals surface area contributed by atoms with Crippen molar-refractivity contribution in [1.82, 2.24) is 13.9 Å². The molecule has 27 heavy (non-hydrogen) atoms. The van der Waals surface area contributed by atoms with Gasteiger partial charge in [-0.05, 0) is 30.7 Å². The average molecular weight is 385 g/mol. The number of hydrogen-bond donors (Lipinski definition) is 0. The molecule has 0 saturated carbocycles. The number of carbonyl (C=O) groups is 2. The van der Waals surface area contributed by atoms with Crippen LogP contribution in [-0.2, 0) is 10.0 Å². The Morgan fingerprint density at radius 3 is 2.44 bits per heavy atom. The zero-order valence-corrected chi connectivity index (χ0v) is 15.8. The fourth-order valence-corrected chi connectivity index (χ4v) is 4.33. The zero-order chi connectivity index (χ0) is 19.6. The molecule has 0 spiro atoms. The fraction of sp³-hybridized carbons (Fsp3) is 0.211. The molecule has 0 aliphatic carbocycles. The molecule has 0 saturated heterocycles. The summed E-state index contributed by atoms with van der Waals surface area (Å²) in [6.45, 7) is 3.09. The van der Waals surface area contributed by atoms with Gasteiger partial charge in [0.25, 0.3) is 15.9 Å². The Morgan fingerprint density at radius 2 is 1.81 bits per heavy atom. The molecule has 7 nitrogen and oxygen atoms in total. The Balaban J connectivity index is 2.16. The molecule has 0 aliphatic rings. The van der Waals surface area contributed by atoms with Gasteiger partial charge in [-0.15, -0.1) is 0 Å². The third kappa shape index (κ3) is 3.35. The Bertz CT molecular complexity index is 1100. The first kappa shape index (κ1) is 18.8. The first-order valence-corrected chi connectivity index (χ1v) is 9.91. The van der Waals surface area contributed by atoms with Crippen LogP contribution in [0.3, 0.4) is 0 Å². The van der Waals surface area contributed by atoms with Gasteiger partial charge in [-0.1, -0.05) is 31.2 Å². The van der Waals surface area contributed by atoms with Gasteiger partial charge in [0.15, 0.2) is 5.03 Å². The maximum Gasteiger partial charge on any atom is 0.284 e. The Morgan fingerprint density at radius 1 is 1.11 bits per heavy atom. The van der Waals surface area contributed by atoms with Crippen LogP contribution in [0.1, 0.15) is 35.6 Å². The van der Waals surface area contributed by atoms with E-state index in [1.165, 1.54) is 29.8 Å². The Hall–Kier alpha value is -3.00. The molecular weight excluding hydrogens is 366 g/mol. The molecule has 1 amide bonds. The molecule has 140 valence electrons. The van der Waals surface area contributed by atoms with E-state index in [2.05, 4.69) is 4.98 Å². The van der Waals surface area contributed by atoms with E-state index in [-0.39, 0.29) is 23.2 Å². The maximum absolute atomic E-state index is 13.2. The minimum Gasteiger partial charge on any atom is -0.275 e. The number of nitrogens with zero attached hydrogens (tertiary/aromatic N) is 3. The molecule has 0 fully saturated rings. The summed E-state index contributed by atoms with van der Waals surface area (Å²) in [7, 11) is -4.14. The van der Waals surface area contributed by atoms with Crippen LogP contribution >= 0.6 is 0 Å². The molecule has 0 radical (unpaired) electrons. The second-order valence-corrected chi connectivity index (χ2v) is 7.80. The lowest BCUT2D eigenvalue weighted by molar-refractivity contribution is 0.0827. The van der Waals surface area contributed by atoms with E-state index in [1.807, 2.05) is 0 Å². The lowest BCUT2D eigenvalue weighted by Crippen LogP contribution is -2.39. The van der Waals surface area contributed by atoms with Crippen LogP contribution in [0.2, 0.25) is 0 Å². The summed E-state index contributed by atoms with van der Waals surface area (Å²) in [6.07, 6.45) is 1.78. The smallest absolute Gasteiger partial charge is 0.275 e. The standard InChI is InChI=1S/C19H19N3O4S/c1-3-12-21(27(25,26)18-10-6-7-11-20-18)19(24)17-13-15-8-4-5-9-16(15)22(17)14(2)23/h4-11,13H,3,12H2,1-2H3.